The van der Waals surface area contributed by atoms with Crippen molar-refractivity contribution in [1.29, 1.82) is 0 Å². The van der Waals surface area contributed by atoms with Crippen LogP contribution >= 0.6 is 0 Å². The summed E-state index contributed by atoms with van der Waals surface area (Å²) in [6, 6.07) is 3.71. The molecule has 0 bridgehead atoms. The topological polar surface area (TPSA) is 68.8 Å². The fraction of sp³-hybridized carbons (Fsp3) is 0.533. The number of hydrogen-bond donors (Lipinski definition) is 1. The molecule has 0 aromatic carbocycles. The molecule has 0 unspecified atom stereocenters. The van der Waals surface area contributed by atoms with Crippen molar-refractivity contribution in [2.75, 3.05) is 51.7 Å². The summed E-state index contributed by atoms with van der Waals surface area (Å²) in [5.74, 6) is 0.933. The van der Waals surface area contributed by atoms with Gasteiger partial charge in [-0.1, -0.05) is 6.07 Å². The Morgan fingerprint density at radius 2 is 1.95 bits per heavy atom. The minimum Gasteiger partial charge on any atom is -0.353 e. The van der Waals surface area contributed by atoms with Crippen molar-refractivity contribution in [3.05, 3.63) is 23.9 Å². The van der Waals surface area contributed by atoms with Crippen LogP contribution in [0.2, 0.25) is 0 Å². The lowest BCUT2D eigenvalue weighted by Crippen LogP contribution is -2.52. The number of anilines is 1. The minimum absolute atomic E-state index is 0.0413. The van der Waals surface area contributed by atoms with Gasteiger partial charge in [-0.25, -0.2) is 9.78 Å². The van der Waals surface area contributed by atoms with E-state index in [0.29, 0.717) is 13.1 Å². The second kappa shape index (κ2) is 7.11. The predicted molar refractivity (Wildman–Crippen MR) is 84.9 cm³/mol. The zero-order valence-corrected chi connectivity index (χ0v) is 13.4. The van der Waals surface area contributed by atoms with E-state index in [0.717, 1.165) is 24.5 Å². The van der Waals surface area contributed by atoms with Crippen molar-refractivity contribution in [2.45, 2.75) is 6.92 Å². The molecule has 1 fully saturated rings. The molecule has 120 valence electrons. The number of aromatic nitrogens is 1. The van der Waals surface area contributed by atoms with E-state index in [1.54, 1.807) is 25.2 Å². The highest BCUT2D eigenvalue weighted by atomic mass is 16.2. The van der Waals surface area contributed by atoms with Crippen molar-refractivity contribution in [3.63, 3.8) is 0 Å². The smallest absolute Gasteiger partial charge is 0.317 e. The van der Waals surface area contributed by atoms with E-state index >= 15 is 0 Å². The first-order chi connectivity index (χ1) is 10.5. The highest BCUT2D eigenvalue weighted by Crippen LogP contribution is 2.17. The quantitative estimate of drug-likeness (QED) is 0.873. The summed E-state index contributed by atoms with van der Waals surface area (Å²) in [5.41, 5.74) is 1.14. The summed E-state index contributed by atoms with van der Waals surface area (Å²) in [4.78, 5) is 33.3. The molecule has 7 heteroatoms. The van der Waals surface area contributed by atoms with Crippen LogP contribution < -0.4 is 10.2 Å². The first-order valence-corrected chi connectivity index (χ1v) is 7.38. The maximum atomic E-state index is 12.1. The largest absolute Gasteiger partial charge is 0.353 e. The molecule has 3 amide bonds. The number of nitrogens with zero attached hydrogens (tertiary/aromatic N) is 4. The number of amides is 3. The summed E-state index contributed by atoms with van der Waals surface area (Å²) in [6.45, 7) is 4.88. The van der Waals surface area contributed by atoms with Gasteiger partial charge in [-0.3, -0.25) is 4.79 Å². The molecule has 22 heavy (non-hydrogen) atoms. The molecule has 0 saturated carbocycles. The number of piperazine rings is 1. The van der Waals surface area contributed by atoms with Crippen molar-refractivity contribution < 1.29 is 9.59 Å². The van der Waals surface area contributed by atoms with Gasteiger partial charge in [-0.2, -0.15) is 0 Å². The maximum absolute atomic E-state index is 12.1. The molecule has 1 aliphatic heterocycles. The molecular weight excluding hydrogens is 282 g/mol. The minimum atomic E-state index is -0.254. The van der Waals surface area contributed by atoms with E-state index in [-0.39, 0.29) is 18.5 Å². The molecule has 0 spiro atoms. The summed E-state index contributed by atoms with van der Waals surface area (Å²) in [5, 5.41) is 2.60. The van der Waals surface area contributed by atoms with Crippen LogP contribution in [0.5, 0.6) is 0 Å². The Labute approximate surface area is 130 Å². The van der Waals surface area contributed by atoms with Gasteiger partial charge in [-0.05, 0) is 18.6 Å². The third-order valence-electron chi connectivity index (χ3n) is 3.71. The number of rotatable bonds is 3. The Balaban J connectivity index is 1.83. The van der Waals surface area contributed by atoms with Crippen molar-refractivity contribution in [1.82, 2.24) is 20.1 Å². The van der Waals surface area contributed by atoms with Crippen LogP contribution in [-0.2, 0) is 4.79 Å². The van der Waals surface area contributed by atoms with Crippen LogP contribution in [0.1, 0.15) is 5.56 Å². The molecule has 1 N–H and O–H groups in total. The molecule has 7 nitrogen and oxygen atoms in total. The summed E-state index contributed by atoms with van der Waals surface area (Å²) < 4.78 is 0. The normalized spacial score (nSPS) is 14.7. The number of carbonyl (C=O) groups is 2. The third-order valence-corrected chi connectivity index (χ3v) is 3.71. The molecular formula is C15H23N5O2. The van der Waals surface area contributed by atoms with Crippen LogP contribution in [0.4, 0.5) is 10.6 Å². The number of aryl methyl sites for hydroxylation is 1. The van der Waals surface area contributed by atoms with Gasteiger partial charge < -0.3 is 20.0 Å². The number of carbonyl (C=O) groups excluding carboxylic acids is 2. The molecule has 1 saturated heterocycles. The lowest BCUT2D eigenvalue weighted by molar-refractivity contribution is -0.130. The summed E-state index contributed by atoms with van der Waals surface area (Å²) >= 11 is 0. The van der Waals surface area contributed by atoms with Gasteiger partial charge in [-0.15, -0.1) is 0 Å². The maximum Gasteiger partial charge on any atom is 0.317 e. The molecule has 1 aliphatic rings. The molecule has 0 aliphatic carbocycles. The van der Waals surface area contributed by atoms with E-state index in [9.17, 15) is 9.59 Å². The van der Waals surface area contributed by atoms with Crippen LogP contribution in [0.3, 0.4) is 0 Å². The number of hydrogen-bond acceptors (Lipinski definition) is 4. The molecule has 2 rings (SSSR count). The Hall–Kier alpha value is -2.31. The number of nitrogens with one attached hydrogen (secondary N) is 1. The van der Waals surface area contributed by atoms with Crippen molar-refractivity contribution >= 4 is 17.8 Å². The van der Waals surface area contributed by atoms with Gasteiger partial charge >= 0.3 is 6.03 Å². The second-order valence-corrected chi connectivity index (χ2v) is 5.56. The third kappa shape index (κ3) is 3.87. The second-order valence-electron chi connectivity index (χ2n) is 5.56. The fourth-order valence-electron chi connectivity index (χ4n) is 2.40. The van der Waals surface area contributed by atoms with E-state index < -0.39 is 0 Å². The lowest BCUT2D eigenvalue weighted by Gasteiger charge is -2.36. The van der Waals surface area contributed by atoms with Crippen LogP contribution in [0, 0.1) is 6.92 Å². The van der Waals surface area contributed by atoms with Gasteiger partial charge in [0.2, 0.25) is 5.91 Å². The van der Waals surface area contributed by atoms with Crippen molar-refractivity contribution in [2.24, 2.45) is 0 Å². The Kier molecular flexibility index (Phi) is 5.19. The average molecular weight is 305 g/mol. The average Bonchev–Trinajstić information content (AvgIpc) is 2.52. The number of pyridine rings is 1. The zero-order valence-electron chi connectivity index (χ0n) is 13.4. The van der Waals surface area contributed by atoms with Crippen molar-refractivity contribution in [3.8, 4) is 0 Å². The van der Waals surface area contributed by atoms with Gasteiger partial charge in [0, 0.05) is 46.5 Å². The Morgan fingerprint density at radius 3 is 2.55 bits per heavy atom. The predicted octanol–water partition coefficient (Wildman–Crippen LogP) is 0.310. The Morgan fingerprint density at radius 1 is 1.27 bits per heavy atom. The van der Waals surface area contributed by atoms with Gasteiger partial charge in [0.15, 0.2) is 0 Å². The fourth-order valence-corrected chi connectivity index (χ4v) is 2.40. The standard InChI is InChI=1S/C15H23N5O2/c1-12-5-4-6-16-14(12)20-9-7-19(8-10-20)13(21)11-17-15(22)18(2)3/h4-6H,7-11H2,1-3H3,(H,17,22). The van der Waals surface area contributed by atoms with E-state index in [4.69, 9.17) is 0 Å². The van der Waals surface area contributed by atoms with Crippen LogP contribution in [-0.4, -0.2) is 73.5 Å². The highest BCUT2D eigenvalue weighted by Gasteiger charge is 2.22. The summed E-state index contributed by atoms with van der Waals surface area (Å²) in [6.07, 6.45) is 1.79. The SMILES string of the molecule is Cc1cccnc1N1CCN(C(=O)CNC(=O)N(C)C)CC1. The van der Waals surface area contributed by atoms with Crippen LogP contribution in [0.15, 0.2) is 18.3 Å². The first-order valence-electron chi connectivity index (χ1n) is 7.38. The molecule has 1 aromatic rings. The molecule has 1 aromatic heterocycles. The van der Waals surface area contributed by atoms with Gasteiger partial charge in [0.1, 0.15) is 5.82 Å². The van der Waals surface area contributed by atoms with E-state index in [1.165, 1.54) is 4.90 Å². The zero-order chi connectivity index (χ0) is 16.1. The van der Waals surface area contributed by atoms with E-state index in [2.05, 4.69) is 15.2 Å². The molecule has 2 heterocycles. The monoisotopic (exact) mass is 305 g/mol. The molecule has 0 radical (unpaired) electrons. The molecule has 0 atom stereocenters. The van der Waals surface area contributed by atoms with Gasteiger partial charge in [0.25, 0.3) is 0 Å². The number of urea groups is 1. The summed E-state index contributed by atoms with van der Waals surface area (Å²) in [7, 11) is 3.29. The lowest BCUT2D eigenvalue weighted by atomic mass is 10.2. The highest BCUT2D eigenvalue weighted by molar-refractivity contribution is 5.84. The van der Waals surface area contributed by atoms with E-state index in [1.807, 2.05) is 19.1 Å². The van der Waals surface area contributed by atoms with Crippen LogP contribution in [0.25, 0.3) is 0 Å². The van der Waals surface area contributed by atoms with Gasteiger partial charge in [0.05, 0.1) is 6.54 Å². The Bertz CT molecular complexity index is 538. The first kappa shape index (κ1) is 16.1.